The van der Waals surface area contributed by atoms with Crippen molar-refractivity contribution in [1.29, 1.82) is 0 Å². The first kappa shape index (κ1) is 6.15. The number of fused-ring (bicyclic) bond motifs is 1. The van der Waals surface area contributed by atoms with Gasteiger partial charge in [-0.1, -0.05) is 0 Å². The van der Waals surface area contributed by atoms with Crippen molar-refractivity contribution in [3.8, 4) is 0 Å². The molecule has 0 bridgehead atoms. The minimum absolute atomic E-state index is 0.539. The third kappa shape index (κ3) is 0.920. The van der Waals surface area contributed by atoms with E-state index >= 15 is 0 Å². The zero-order valence-corrected chi connectivity index (χ0v) is 6.03. The highest BCUT2D eigenvalue weighted by atomic mass is 16.4. The molecule has 2 aromatic rings. The molecule has 0 saturated heterocycles. The van der Waals surface area contributed by atoms with Gasteiger partial charge in [-0.2, -0.15) is 0 Å². The average molecular weight is 149 g/mol. The van der Waals surface area contributed by atoms with Gasteiger partial charge in [-0.15, -0.1) is 0 Å². The van der Waals surface area contributed by atoms with E-state index in [1.54, 1.807) is 19.2 Å². The van der Waals surface area contributed by atoms with E-state index in [0.29, 0.717) is 22.8 Å². The molecule has 4 nitrogen and oxygen atoms in total. The van der Waals surface area contributed by atoms with Crippen molar-refractivity contribution < 1.29 is 4.42 Å². The lowest BCUT2D eigenvalue weighted by molar-refractivity contribution is 0.551. The second-order valence-corrected chi connectivity index (χ2v) is 2.33. The van der Waals surface area contributed by atoms with Crippen LogP contribution in [0.2, 0.25) is 0 Å². The van der Waals surface area contributed by atoms with Gasteiger partial charge in [0.25, 0.3) is 0 Å². The van der Waals surface area contributed by atoms with Gasteiger partial charge in [0.2, 0.25) is 5.71 Å². The first-order valence-corrected chi connectivity index (χ1v) is 3.24. The number of nitrogen functional groups attached to an aromatic ring is 1. The van der Waals surface area contributed by atoms with Crippen LogP contribution in [-0.4, -0.2) is 9.97 Å². The minimum Gasteiger partial charge on any atom is -0.423 e. The van der Waals surface area contributed by atoms with Crippen molar-refractivity contribution in [3.63, 3.8) is 0 Å². The highest BCUT2D eigenvalue weighted by Crippen LogP contribution is 2.14. The van der Waals surface area contributed by atoms with E-state index in [4.69, 9.17) is 10.2 Å². The number of oxazole rings is 1. The van der Waals surface area contributed by atoms with Crippen LogP contribution < -0.4 is 5.73 Å². The number of rotatable bonds is 0. The molecule has 2 rings (SSSR count). The Morgan fingerprint density at radius 1 is 1.55 bits per heavy atom. The minimum atomic E-state index is 0.539. The molecular formula is C7H7N3O. The van der Waals surface area contributed by atoms with Gasteiger partial charge in [0.05, 0.1) is 11.9 Å². The normalized spacial score (nSPS) is 10.6. The van der Waals surface area contributed by atoms with Crippen LogP contribution in [0.5, 0.6) is 0 Å². The summed E-state index contributed by atoms with van der Waals surface area (Å²) in [6.07, 6.45) is 1.55. The predicted molar refractivity (Wildman–Crippen MR) is 41.0 cm³/mol. The van der Waals surface area contributed by atoms with Crippen LogP contribution in [0.4, 0.5) is 5.69 Å². The van der Waals surface area contributed by atoms with Crippen molar-refractivity contribution in [1.82, 2.24) is 9.97 Å². The van der Waals surface area contributed by atoms with E-state index in [-0.39, 0.29) is 0 Å². The summed E-state index contributed by atoms with van der Waals surface area (Å²) in [5, 5.41) is 0. The summed E-state index contributed by atoms with van der Waals surface area (Å²) in [5.74, 6) is 0.609. The Balaban J connectivity index is 2.82. The van der Waals surface area contributed by atoms with Crippen molar-refractivity contribution in [3.05, 3.63) is 18.2 Å². The molecule has 0 aliphatic rings. The van der Waals surface area contributed by atoms with Crippen LogP contribution >= 0.6 is 0 Å². The summed E-state index contributed by atoms with van der Waals surface area (Å²) in [6, 6.07) is 1.73. The summed E-state index contributed by atoms with van der Waals surface area (Å²) in [6.45, 7) is 1.78. The second kappa shape index (κ2) is 1.95. The summed E-state index contributed by atoms with van der Waals surface area (Å²) < 4.78 is 5.15. The molecule has 0 aliphatic carbocycles. The van der Waals surface area contributed by atoms with Gasteiger partial charge in [0, 0.05) is 6.92 Å². The molecular weight excluding hydrogens is 142 g/mol. The molecule has 0 unspecified atom stereocenters. The third-order valence-corrected chi connectivity index (χ3v) is 1.38. The quantitative estimate of drug-likeness (QED) is 0.609. The lowest BCUT2D eigenvalue weighted by atomic mass is 10.4. The molecule has 0 atom stereocenters. The van der Waals surface area contributed by atoms with Crippen LogP contribution in [-0.2, 0) is 0 Å². The standard InChI is InChI=1S/C7H7N3O/c1-4-10-6-2-5(8)3-9-7(6)11-4/h2-3H,8H2,1H3. The molecule has 2 N–H and O–H groups in total. The maximum Gasteiger partial charge on any atom is 0.247 e. The lowest BCUT2D eigenvalue weighted by Gasteiger charge is -1.87. The monoisotopic (exact) mass is 149 g/mol. The van der Waals surface area contributed by atoms with Crippen LogP contribution in [0.25, 0.3) is 11.2 Å². The highest BCUT2D eigenvalue weighted by molar-refractivity contribution is 5.71. The summed E-state index contributed by atoms with van der Waals surface area (Å²) in [5.41, 5.74) is 7.34. The first-order chi connectivity index (χ1) is 5.25. The fourth-order valence-corrected chi connectivity index (χ4v) is 0.947. The molecule has 0 saturated carbocycles. The van der Waals surface area contributed by atoms with Crippen molar-refractivity contribution in [2.45, 2.75) is 6.92 Å². The Kier molecular flexibility index (Phi) is 1.09. The molecule has 11 heavy (non-hydrogen) atoms. The molecule has 0 aliphatic heterocycles. The number of aromatic nitrogens is 2. The van der Waals surface area contributed by atoms with Gasteiger partial charge in [-0.25, -0.2) is 9.97 Å². The number of aryl methyl sites for hydroxylation is 1. The fourth-order valence-electron chi connectivity index (χ4n) is 0.947. The number of pyridine rings is 1. The average Bonchev–Trinajstić information content (AvgIpc) is 2.27. The number of hydrogen-bond donors (Lipinski definition) is 1. The zero-order valence-electron chi connectivity index (χ0n) is 6.03. The first-order valence-electron chi connectivity index (χ1n) is 3.24. The fraction of sp³-hybridized carbons (Fsp3) is 0.143. The van der Waals surface area contributed by atoms with E-state index in [2.05, 4.69) is 9.97 Å². The molecule has 2 heterocycles. The highest BCUT2D eigenvalue weighted by Gasteiger charge is 2.01. The summed E-state index contributed by atoms with van der Waals surface area (Å²) in [4.78, 5) is 8.01. The number of nitrogens with zero attached hydrogens (tertiary/aromatic N) is 2. The van der Waals surface area contributed by atoms with E-state index in [1.807, 2.05) is 0 Å². The van der Waals surface area contributed by atoms with Gasteiger partial charge < -0.3 is 10.2 Å². The molecule has 4 heteroatoms. The van der Waals surface area contributed by atoms with Crippen molar-refractivity contribution >= 4 is 16.9 Å². The molecule has 0 amide bonds. The number of hydrogen-bond acceptors (Lipinski definition) is 4. The molecule has 56 valence electrons. The van der Waals surface area contributed by atoms with E-state index in [9.17, 15) is 0 Å². The van der Waals surface area contributed by atoms with E-state index in [0.717, 1.165) is 0 Å². The molecule has 0 aromatic carbocycles. The molecule has 2 aromatic heterocycles. The Morgan fingerprint density at radius 3 is 3.18 bits per heavy atom. The Hall–Kier alpha value is -1.58. The SMILES string of the molecule is Cc1nc2cc(N)cnc2o1. The predicted octanol–water partition coefficient (Wildman–Crippen LogP) is 1.11. The Labute approximate surface area is 63.1 Å². The Bertz CT molecular complexity index is 393. The van der Waals surface area contributed by atoms with Crippen LogP contribution in [0, 0.1) is 6.92 Å². The zero-order chi connectivity index (χ0) is 7.84. The van der Waals surface area contributed by atoms with Gasteiger partial charge in [-0.05, 0) is 6.07 Å². The van der Waals surface area contributed by atoms with Crippen LogP contribution in [0.3, 0.4) is 0 Å². The largest absolute Gasteiger partial charge is 0.423 e. The lowest BCUT2D eigenvalue weighted by Crippen LogP contribution is -1.84. The second-order valence-electron chi connectivity index (χ2n) is 2.33. The van der Waals surface area contributed by atoms with Gasteiger partial charge in [-0.3, -0.25) is 0 Å². The third-order valence-electron chi connectivity index (χ3n) is 1.38. The van der Waals surface area contributed by atoms with Gasteiger partial charge >= 0.3 is 0 Å². The maximum absolute atomic E-state index is 5.49. The van der Waals surface area contributed by atoms with E-state index < -0.39 is 0 Å². The topological polar surface area (TPSA) is 64.9 Å². The summed E-state index contributed by atoms with van der Waals surface area (Å²) >= 11 is 0. The van der Waals surface area contributed by atoms with Crippen molar-refractivity contribution in [2.24, 2.45) is 0 Å². The van der Waals surface area contributed by atoms with Crippen molar-refractivity contribution in [2.75, 3.05) is 5.73 Å². The number of nitrogens with two attached hydrogens (primary N) is 1. The van der Waals surface area contributed by atoms with E-state index in [1.165, 1.54) is 0 Å². The smallest absolute Gasteiger partial charge is 0.247 e. The molecule has 0 spiro atoms. The van der Waals surface area contributed by atoms with Gasteiger partial charge in [0.1, 0.15) is 5.52 Å². The molecule has 0 fully saturated rings. The molecule has 0 radical (unpaired) electrons. The van der Waals surface area contributed by atoms with Crippen LogP contribution in [0.15, 0.2) is 16.7 Å². The van der Waals surface area contributed by atoms with Gasteiger partial charge in [0.15, 0.2) is 5.89 Å². The Morgan fingerprint density at radius 2 is 2.36 bits per heavy atom. The maximum atomic E-state index is 5.49. The number of anilines is 1. The van der Waals surface area contributed by atoms with Crippen LogP contribution in [0.1, 0.15) is 5.89 Å². The summed E-state index contributed by atoms with van der Waals surface area (Å²) in [7, 11) is 0.